The Kier molecular flexibility index (Phi) is 5.50. The van der Waals surface area contributed by atoms with E-state index >= 15 is 0 Å². The van der Waals surface area contributed by atoms with Crippen LogP contribution < -0.4 is 20.5 Å². The fraction of sp³-hybridized carbons (Fsp3) is 0.429. The molecule has 0 fully saturated rings. The fourth-order valence-electron chi connectivity index (χ4n) is 1.75. The van der Waals surface area contributed by atoms with Crippen molar-refractivity contribution in [2.75, 3.05) is 20.8 Å². The zero-order valence-electron chi connectivity index (χ0n) is 11.1. The first-order chi connectivity index (χ1) is 8.65. The highest BCUT2D eigenvalue weighted by atomic mass is 16.5. The molecule has 2 unspecified atom stereocenters. The Balaban J connectivity index is 3.06. The number of terminal acetylenes is 1. The Morgan fingerprint density at radius 3 is 2.61 bits per heavy atom. The number of hydrogen-bond acceptors (Lipinski definition) is 4. The summed E-state index contributed by atoms with van der Waals surface area (Å²) in [6.45, 7) is 2.34. The second-order valence-corrected chi connectivity index (χ2v) is 3.95. The van der Waals surface area contributed by atoms with E-state index in [4.69, 9.17) is 21.6 Å². The van der Waals surface area contributed by atoms with Gasteiger partial charge < -0.3 is 15.2 Å². The van der Waals surface area contributed by atoms with E-state index in [0.717, 1.165) is 17.1 Å². The molecule has 3 N–H and O–H groups in total. The maximum Gasteiger partial charge on any atom is 0.123 e. The Morgan fingerprint density at radius 1 is 1.39 bits per heavy atom. The first kappa shape index (κ1) is 14.4. The van der Waals surface area contributed by atoms with E-state index in [2.05, 4.69) is 11.2 Å². The second-order valence-electron chi connectivity index (χ2n) is 3.95. The Hall–Kier alpha value is -1.70. The predicted octanol–water partition coefficient (Wildman–Crippen LogP) is 1.31. The van der Waals surface area contributed by atoms with Gasteiger partial charge >= 0.3 is 0 Å². The van der Waals surface area contributed by atoms with E-state index in [0.29, 0.717) is 6.54 Å². The molecule has 0 aromatic heterocycles. The molecule has 0 amide bonds. The molecule has 98 valence electrons. The minimum absolute atomic E-state index is 0.0607. The van der Waals surface area contributed by atoms with Crippen LogP contribution in [0, 0.1) is 12.3 Å². The van der Waals surface area contributed by atoms with Crippen molar-refractivity contribution >= 4 is 0 Å². The van der Waals surface area contributed by atoms with Gasteiger partial charge in [0, 0.05) is 18.2 Å². The summed E-state index contributed by atoms with van der Waals surface area (Å²) in [4.78, 5) is 0. The van der Waals surface area contributed by atoms with Gasteiger partial charge in [-0.05, 0) is 25.1 Å². The van der Waals surface area contributed by atoms with Gasteiger partial charge in [-0.1, -0.05) is 5.92 Å². The molecule has 0 saturated heterocycles. The van der Waals surface area contributed by atoms with Crippen LogP contribution in [0.25, 0.3) is 0 Å². The van der Waals surface area contributed by atoms with Crippen molar-refractivity contribution in [3.63, 3.8) is 0 Å². The van der Waals surface area contributed by atoms with Crippen molar-refractivity contribution < 1.29 is 9.47 Å². The molecule has 1 aromatic carbocycles. The lowest BCUT2D eigenvalue weighted by Crippen LogP contribution is -2.34. The number of hydrogen-bond donors (Lipinski definition) is 2. The lowest BCUT2D eigenvalue weighted by molar-refractivity contribution is 0.388. The minimum atomic E-state index is -0.0684. The summed E-state index contributed by atoms with van der Waals surface area (Å²) >= 11 is 0. The summed E-state index contributed by atoms with van der Waals surface area (Å²) in [6.07, 6.45) is 5.37. The minimum Gasteiger partial charge on any atom is -0.497 e. The first-order valence-corrected chi connectivity index (χ1v) is 5.80. The molecule has 0 heterocycles. The lowest BCUT2D eigenvalue weighted by Gasteiger charge is -2.22. The number of nitrogens with one attached hydrogen (secondary N) is 1. The molecule has 0 aliphatic rings. The Labute approximate surface area is 108 Å². The number of methoxy groups -OCH3 is 2. The molecule has 0 radical (unpaired) electrons. The summed E-state index contributed by atoms with van der Waals surface area (Å²) in [5.74, 6) is 4.16. The topological polar surface area (TPSA) is 56.5 Å². The van der Waals surface area contributed by atoms with Crippen molar-refractivity contribution in [1.29, 1.82) is 0 Å². The third-order valence-corrected chi connectivity index (χ3v) is 2.75. The van der Waals surface area contributed by atoms with Gasteiger partial charge in [0.1, 0.15) is 11.5 Å². The van der Waals surface area contributed by atoms with E-state index in [9.17, 15) is 0 Å². The molecular formula is C14H20N2O2. The van der Waals surface area contributed by atoms with Crippen molar-refractivity contribution in [3.8, 4) is 23.8 Å². The standard InChI is InChI=1S/C14H20N2O2/c1-5-10(2)16-13(9-15)12-8-11(17-3)6-7-14(12)18-4/h1,6-8,10,13,16H,9,15H2,2-4H3. The number of ether oxygens (including phenoxy) is 2. The highest BCUT2D eigenvalue weighted by Gasteiger charge is 2.17. The van der Waals surface area contributed by atoms with Crippen LogP contribution in [0.15, 0.2) is 18.2 Å². The van der Waals surface area contributed by atoms with Gasteiger partial charge in [0.25, 0.3) is 0 Å². The van der Waals surface area contributed by atoms with Gasteiger partial charge in [0.2, 0.25) is 0 Å². The van der Waals surface area contributed by atoms with Crippen LogP contribution in [0.1, 0.15) is 18.5 Å². The van der Waals surface area contributed by atoms with Crippen LogP contribution >= 0.6 is 0 Å². The quantitative estimate of drug-likeness (QED) is 0.745. The molecule has 0 spiro atoms. The lowest BCUT2D eigenvalue weighted by atomic mass is 10.0. The molecule has 0 aliphatic heterocycles. The maximum absolute atomic E-state index is 5.80. The SMILES string of the molecule is C#CC(C)NC(CN)c1cc(OC)ccc1OC. The summed E-state index contributed by atoms with van der Waals surface area (Å²) < 4.78 is 10.6. The fourth-order valence-corrected chi connectivity index (χ4v) is 1.75. The second kappa shape index (κ2) is 6.90. The van der Waals surface area contributed by atoms with E-state index < -0.39 is 0 Å². The van der Waals surface area contributed by atoms with Gasteiger partial charge in [0.05, 0.1) is 20.3 Å². The van der Waals surface area contributed by atoms with Crippen LogP contribution in [0.4, 0.5) is 0 Å². The van der Waals surface area contributed by atoms with E-state index in [-0.39, 0.29) is 12.1 Å². The maximum atomic E-state index is 5.80. The van der Waals surface area contributed by atoms with Crippen molar-refractivity contribution in [1.82, 2.24) is 5.32 Å². The average molecular weight is 248 g/mol. The van der Waals surface area contributed by atoms with E-state index in [1.54, 1.807) is 14.2 Å². The number of rotatable bonds is 6. The first-order valence-electron chi connectivity index (χ1n) is 5.80. The van der Waals surface area contributed by atoms with Crippen molar-refractivity contribution in [2.24, 2.45) is 5.73 Å². The molecule has 0 aliphatic carbocycles. The van der Waals surface area contributed by atoms with Gasteiger partial charge in [-0.15, -0.1) is 6.42 Å². The third kappa shape index (κ3) is 3.39. The highest BCUT2D eigenvalue weighted by Crippen LogP contribution is 2.29. The smallest absolute Gasteiger partial charge is 0.123 e. The molecule has 18 heavy (non-hydrogen) atoms. The van der Waals surface area contributed by atoms with Crippen molar-refractivity contribution in [2.45, 2.75) is 19.0 Å². The van der Waals surface area contributed by atoms with Crippen LogP contribution in [0.2, 0.25) is 0 Å². The summed E-state index contributed by atoms with van der Waals surface area (Å²) in [7, 11) is 3.25. The highest BCUT2D eigenvalue weighted by molar-refractivity contribution is 5.42. The Bertz CT molecular complexity index is 426. The van der Waals surface area contributed by atoms with Gasteiger partial charge in [-0.3, -0.25) is 5.32 Å². The zero-order valence-corrected chi connectivity index (χ0v) is 11.1. The number of nitrogens with two attached hydrogens (primary N) is 1. The molecule has 0 saturated carbocycles. The predicted molar refractivity (Wildman–Crippen MR) is 72.8 cm³/mol. The molecular weight excluding hydrogens is 228 g/mol. The van der Waals surface area contributed by atoms with Crippen LogP contribution in [0.5, 0.6) is 11.5 Å². The van der Waals surface area contributed by atoms with Crippen LogP contribution in [-0.2, 0) is 0 Å². The summed E-state index contributed by atoms with van der Waals surface area (Å²) in [6, 6.07) is 5.49. The molecule has 1 aromatic rings. The average Bonchev–Trinajstić information content (AvgIpc) is 2.43. The molecule has 1 rings (SSSR count). The zero-order chi connectivity index (χ0) is 13.5. The largest absolute Gasteiger partial charge is 0.497 e. The third-order valence-electron chi connectivity index (χ3n) is 2.75. The van der Waals surface area contributed by atoms with Gasteiger partial charge in [-0.2, -0.15) is 0 Å². The molecule has 4 nitrogen and oxygen atoms in total. The summed E-state index contributed by atoms with van der Waals surface area (Å²) in [5.41, 5.74) is 6.74. The van der Waals surface area contributed by atoms with Gasteiger partial charge in [0.15, 0.2) is 0 Å². The summed E-state index contributed by atoms with van der Waals surface area (Å²) in [5, 5.41) is 3.26. The molecule has 4 heteroatoms. The Morgan fingerprint density at radius 2 is 2.11 bits per heavy atom. The number of benzene rings is 1. The normalized spacial score (nSPS) is 13.5. The van der Waals surface area contributed by atoms with Crippen LogP contribution in [0.3, 0.4) is 0 Å². The van der Waals surface area contributed by atoms with E-state index in [1.165, 1.54) is 0 Å². The van der Waals surface area contributed by atoms with E-state index in [1.807, 2.05) is 25.1 Å². The molecule has 2 atom stereocenters. The molecule has 0 bridgehead atoms. The van der Waals surface area contributed by atoms with Crippen LogP contribution in [-0.4, -0.2) is 26.8 Å². The monoisotopic (exact) mass is 248 g/mol. The van der Waals surface area contributed by atoms with Gasteiger partial charge in [-0.25, -0.2) is 0 Å². The van der Waals surface area contributed by atoms with Crippen molar-refractivity contribution in [3.05, 3.63) is 23.8 Å².